The van der Waals surface area contributed by atoms with E-state index in [0.29, 0.717) is 0 Å². The minimum absolute atomic E-state index is 0.505. The van der Waals surface area contributed by atoms with Crippen LogP contribution in [-0.4, -0.2) is 16.3 Å². The molecule has 0 radical (unpaired) electrons. The van der Waals surface area contributed by atoms with E-state index in [9.17, 15) is 9.59 Å². The van der Waals surface area contributed by atoms with E-state index >= 15 is 0 Å². The molecule has 2 aliphatic rings. The first-order chi connectivity index (χ1) is 6.04. The van der Waals surface area contributed by atoms with E-state index in [-0.39, 0.29) is 0 Å². The number of hydrogen-bond donors (Lipinski definition) is 0. The Kier molecular flexibility index (Phi) is 1.96. The Morgan fingerprint density at radius 1 is 1.46 bits per heavy atom. The van der Waals surface area contributed by atoms with Crippen molar-refractivity contribution < 1.29 is 14.3 Å². The molecule has 1 aliphatic heterocycles. The minimum atomic E-state index is -1.00. The number of halogens is 2. The quantitative estimate of drug-likeness (QED) is 0.388. The zero-order valence-electron chi connectivity index (χ0n) is 6.29. The molecule has 0 N–H and O–H groups in total. The lowest BCUT2D eigenvalue weighted by Gasteiger charge is -2.19. The lowest BCUT2D eigenvalue weighted by molar-refractivity contribution is -0.152. The first kappa shape index (κ1) is 9.15. The third-order valence-electron chi connectivity index (χ3n) is 2.01. The molecule has 0 bridgehead atoms. The predicted molar refractivity (Wildman–Crippen MR) is 52.4 cm³/mol. The molecule has 0 aromatic carbocycles. The molecule has 2 unspecified atom stereocenters. The summed E-state index contributed by atoms with van der Waals surface area (Å²) in [4.78, 5) is 22.5. The van der Waals surface area contributed by atoms with Crippen molar-refractivity contribution in [1.82, 2.24) is 0 Å². The number of hydrogen-bond acceptors (Lipinski definition) is 3. The number of allylic oxidation sites excluding steroid dienone is 2. The molecule has 0 aromatic heterocycles. The number of alkyl halides is 1. The Hall–Kier alpha value is -0.420. The number of fused-ring (bicyclic) bond motifs is 1. The van der Waals surface area contributed by atoms with Gasteiger partial charge in [0, 0.05) is 4.48 Å². The molecule has 0 saturated carbocycles. The second kappa shape index (κ2) is 2.78. The van der Waals surface area contributed by atoms with Crippen molar-refractivity contribution in [3.63, 3.8) is 0 Å². The van der Waals surface area contributed by atoms with Gasteiger partial charge in [-0.15, -0.1) is 0 Å². The summed E-state index contributed by atoms with van der Waals surface area (Å²) >= 11 is 6.45. The van der Waals surface area contributed by atoms with Gasteiger partial charge in [0.1, 0.15) is 5.92 Å². The molecule has 68 valence electrons. The van der Waals surface area contributed by atoms with E-state index in [4.69, 9.17) is 0 Å². The topological polar surface area (TPSA) is 43.4 Å². The fourth-order valence-corrected chi connectivity index (χ4v) is 2.82. The van der Waals surface area contributed by atoms with Crippen LogP contribution in [0, 0.1) is 5.92 Å². The second-order valence-electron chi connectivity index (χ2n) is 2.84. The Morgan fingerprint density at radius 2 is 2.15 bits per heavy atom. The Labute approximate surface area is 91.1 Å². The Bertz CT molecular complexity index is 358. The monoisotopic (exact) mass is 306 g/mol. The SMILES string of the molecule is O=C1OC(=O)C2(Br)C=C(Br)C=CC12. The average molecular weight is 308 g/mol. The van der Waals surface area contributed by atoms with Gasteiger partial charge in [-0.2, -0.15) is 0 Å². The minimum Gasteiger partial charge on any atom is -0.391 e. The summed E-state index contributed by atoms with van der Waals surface area (Å²) in [7, 11) is 0. The highest BCUT2D eigenvalue weighted by Gasteiger charge is 2.54. The second-order valence-corrected chi connectivity index (χ2v) is 5.07. The lowest BCUT2D eigenvalue weighted by Crippen LogP contribution is -2.33. The molecule has 1 aliphatic carbocycles. The largest absolute Gasteiger partial charge is 0.391 e. The molecule has 0 aromatic rings. The molecule has 1 fully saturated rings. The van der Waals surface area contributed by atoms with Gasteiger partial charge in [0.25, 0.3) is 0 Å². The summed E-state index contributed by atoms with van der Waals surface area (Å²) in [6, 6.07) is 0. The standard InChI is InChI=1S/C8H4Br2O3/c9-4-1-2-5-6(11)13-7(12)8(5,10)3-4/h1-3,5H. The van der Waals surface area contributed by atoms with E-state index in [2.05, 4.69) is 36.6 Å². The fraction of sp³-hybridized carbons (Fsp3) is 0.250. The van der Waals surface area contributed by atoms with Crippen LogP contribution >= 0.6 is 31.9 Å². The van der Waals surface area contributed by atoms with Crippen LogP contribution < -0.4 is 0 Å². The van der Waals surface area contributed by atoms with Crippen LogP contribution in [0.5, 0.6) is 0 Å². The Morgan fingerprint density at radius 3 is 2.85 bits per heavy atom. The maximum absolute atomic E-state index is 11.3. The number of esters is 2. The third kappa shape index (κ3) is 1.21. The number of carbonyl (C=O) groups is 2. The molecular weight excluding hydrogens is 304 g/mol. The fourth-order valence-electron chi connectivity index (χ4n) is 1.34. The average Bonchev–Trinajstić information content (AvgIpc) is 2.23. The summed E-state index contributed by atoms with van der Waals surface area (Å²) in [6.07, 6.45) is 5.00. The van der Waals surface area contributed by atoms with Crippen LogP contribution in [0.25, 0.3) is 0 Å². The van der Waals surface area contributed by atoms with E-state index in [1.165, 1.54) is 0 Å². The van der Waals surface area contributed by atoms with E-state index in [1.54, 1.807) is 18.2 Å². The zero-order valence-corrected chi connectivity index (χ0v) is 9.46. The smallest absolute Gasteiger partial charge is 0.335 e. The van der Waals surface area contributed by atoms with Gasteiger partial charge in [-0.05, 0) is 6.08 Å². The van der Waals surface area contributed by atoms with Crippen LogP contribution in [0.3, 0.4) is 0 Å². The summed E-state index contributed by atoms with van der Waals surface area (Å²) in [5.41, 5.74) is 0. The van der Waals surface area contributed by atoms with Crippen LogP contribution in [-0.2, 0) is 14.3 Å². The molecule has 1 heterocycles. The highest BCUT2D eigenvalue weighted by Crippen LogP contribution is 2.42. The van der Waals surface area contributed by atoms with Crippen molar-refractivity contribution in [1.29, 1.82) is 0 Å². The van der Waals surface area contributed by atoms with E-state index < -0.39 is 22.2 Å². The zero-order chi connectivity index (χ0) is 9.64. The van der Waals surface area contributed by atoms with Crippen molar-refractivity contribution in [2.45, 2.75) is 4.32 Å². The van der Waals surface area contributed by atoms with E-state index in [1.807, 2.05) is 0 Å². The van der Waals surface area contributed by atoms with Crippen molar-refractivity contribution in [2.24, 2.45) is 5.92 Å². The van der Waals surface area contributed by atoms with Gasteiger partial charge in [-0.25, -0.2) is 4.79 Å². The van der Waals surface area contributed by atoms with Crippen LogP contribution in [0.1, 0.15) is 0 Å². The van der Waals surface area contributed by atoms with E-state index in [0.717, 1.165) is 4.48 Å². The van der Waals surface area contributed by atoms with Crippen molar-refractivity contribution in [3.05, 3.63) is 22.7 Å². The van der Waals surface area contributed by atoms with Crippen LogP contribution in [0.15, 0.2) is 22.7 Å². The molecule has 0 spiro atoms. The molecule has 2 rings (SSSR count). The van der Waals surface area contributed by atoms with Crippen LogP contribution in [0.4, 0.5) is 0 Å². The molecule has 0 amide bonds. The lowest BCUT2D eigenvalue weighted by atomic mass is 9.91. The third-order valence-corrected chi connectivity index (χ3v) is 3.55. The maximum Gasteiger partial charge on any atom is 0.335 e. The van der Waals surface area contributed by atoms with Gasteiger partial charge < -0.3 is 4.74 Å². The van der Waals surface area contributed by atoms with Crippen molar-refractivity contribution >= 4 is 43.8 Å². The number of cyclic esters (lactones) is 2. The summed E-state index contributed by atoms with van der Waals surface area (Å²) in [5.74, 6) is -1.60. The van der Waals surface area contributed by atoms with Gasteiger partial charge in [0.15, 0.2) is 4.32 Å². The van der Waals surface area contributed by atoms with Gasteiger partial charge in [-0.3, -0.25) is 4.79 Å². The highest BCUT2D eigenvalue weighted by molar-refractivity contribution is 9.12. The molecular formula is C8H4Br2O3. The summed E-state index contributed by atoms with van der Waals surface area (Å²) < 4.78 is 4.27. The van der Waals surface area contributed by atoms with Gasteiger partial charge >= 0.3 is 11.9 Å². The summed E-state index contributed by atoms with van der Waals surface area (Å²) in [5, 5.41) is 0. The predicted octanol–water partition coefficient (Wildman–Crippen LogP) is 1.67. The number of ether oxygens (including phenoxy) is 1. The normalized spacial score (nSPS) is 37.1. The van der Waals surface area contributed by atoms with Crippen molar-refractivity contribution in [2.75, 3.05) is 0 Å². The first-order valence-corrected chi connectivity index (χ1v) is 5.14. The van der Waals surface area contributed by atoms with Crippen LogP contribution in [0.2, 0.25) is 0 Å². The highest BCUT2D eigenvalue weighted by atomic mass is 79.9. The first-order valence-electron chi connectivity index (χ1n) is 3.55. The van der Waals surface area contributed by atoms with Gasteiger partial charge in [-0.1, -0.05) is 44.0 Å². The molecule has 13 heavy (non-hydrogen) atoms. The molecule has 1 saturated heterocycles. The molecule has 5 heteroatoms. The Balaban J connectivity index is 2.51. The van der Waals surface area contributed by atoms with Gasteiger partial charge in [0.05, 0.1) is 0 Å². The molecule has 3 nitrogen and oxygen atoms in total. The van der Waals surface area contributed by atoms with Gasteiger partial charge in [0.2, 0.25) is 0 Å². The number of carbonyl (C=O) groups excluding carboxylic acids is 2. The number of rotatable bonds is 0. The maximum atomic E-state index is 11.3. The summed E-state index contributed by atoms with van der Waals surface area (Å²) in [6.45, 7) is 0. The molecule has 2 atom stereocenters. The van der Waals surface area contributed by atoms with Crippen molar-refractivity contribution in [3.8, 4) is 0 Å².